The highest BCUT2D eigenvalue weighted by Crippen LogP contribution is 2.28. The van der Waals surface area contributed by atoms with Crippen LogP contribution in [0, 0.1) is 0 Å². The molecule has 1 saturated heterocycles. The lowest BCUT2D eigenvalue weighted by Gasteiger charge is -2.27. The van der Waals surface area contributed by atoms with Crippen molar-refractivity contribution >= 4 is 28.6 Å². The number of aryl methyl sites for hydroxylation is 1. The Morgan fingerprint density at radius 3 is 2.55 bits per heavy atom. The maximum Gasteiger partial charge on any atom is 0.296 e. The number of anilines is 3. The molecule has 0 aliphatic carbocycles. The first-order valence-corrected chi connectivity index (χ1v) is 9.69. The van der Waals surface area contributed by atoms with Crippen molar-refractivity contribution in [2.75, 3.05) is 36.5 Å². The van der Waals surface area contributed by atoms with E-state index in [1.165, 1.54) is 4.57 Å². The zero-order valence-corrected chi connectivity index (χ0v) is 16.6. The second-order valence-electron chi connectivity index (χ2n) is 6.98. The molecule has 0 saturated carbocycles. The molecule has 1 fully saturated rings. The van der Waals surface area contributed by atoms with Crippen molar-refractivity contribution in [3.05, 3.63) is 42.5 Å². The number of ether oxygens (including phenoxy) is 1. The third kappa shape index (κ3) is 3.77. The van der Waals surface area contributed by atoms with E-state index in [9.17, 15) is 8.78 Å². The number of aromatic nitrogens is 7. The number of nitrogens with zero attached hydrogens (tertiary/aromatic N) is 8. The summed E-state index contributed by atoms with van der Waals surface area (Å²) in [5.74, 6) is 0.231. The molecular formula is C19H19F2N9O. The quantitative estimate of drug-likeness (QED) is 0.519. The fourth-order valence-corrected chi connectivity index (χ4v) is 3.43. The molecule has 3 aromatic heterocycles. The molecule has 12 heteroatoms. The summed E-state index contributed by atoms with van der Waals surface area (Å²) in [7, 11) is 1.79. The van der Waals surface area contributed by atoms with Crippen molar-refractivity contribution in [3.63, 3.8) is 0 Å². The van der Waals surface area contributed by atoms with Crippen molar-refractivity contribution in [3.8, 4) is 5.95 Å². The Labute approximate surface area is 175 Å². The molecule has 0 amide bonds. The summed E-state index contributed by atoms with van der Waals surface area (Å²) in [6.45, 7) is 2.23. The Balaban J connectivity index is 1.66. The lowest BCUT2D eigenvalue weighted by Crippen LogP contribution is -2.37. The number of rotatable bonds is 5. The fraction of sp³-hybridized carbons (Fsp3) is 0.316. The van der Waals surface area contributed by atoms with Gasteiger partial charge in [-0.1, -0.05) is 12.1 Å². The summed E-state index contributed by atoms with van der Waals surface area (Å²) < 4.78 is 36.0. The molecule has 1 aliphatic rings. The normalized spacial score (nSPS) is 14.5. The Morgan fingerprint density at radius 2 is 1.81 bits per heavy atom. The molecular weight excluding hydrogens is 408 g/mol. The van der Waals surface area contributed by atoms with Crippen LogP contribution in [0.1, 0.15) is 12.2 Å². The first-order valence-electron chi connectivity index (χ1n) is 9.69. The van der Waals surface area contributed by atoms with Crippen molar-refractivity contribution in [2.24, 2.45) is 7.05 Å². The number of benzene rings is 1. The average Bonchev–Trinajstić information content (AvgIpc) is 3.37. The van der Waals surface area contributed by atoms with Crippen molar-refractivity contribution < 1.29 is 13.5 Å². The summed E-state index contributed by atoms with van der Waals surface area (Å²) in [6.07, 6.45) is 0.579. The Hall–Kier alpha value is -3.67. The predicted octanol–water partition coefficient (Wildman–Crippen LogP) is 2.46. The van der Waals surface area contributed by atoms with Crippen molar-refractivity contribution in [1.29, 1.82) is 0 Å². The van der Waals surface area contributed by atoms with E-state index >= 15 is 0 Å². The molecule has 10 nitrogen and oxygen atoms in total. The van der Waals surface area contributed by atoms with E-state index in [4.69, 9.17) is 4.74 Å². The largest absolute Gasteiger partial charge is 0.378 e. The summed E-state index contributed by atoms with van der Waals surface area (Å²) in [5, 5.41) is 7.20. The Bertz CT molecular complexity index is 1220. The van der Waals surface area contributed by atoms with E-state index in [0.29, 0.717) is 49.0 Å². The molecule has 0 bridgehead atoms. The third-order valence-corrected chi connectivity index (χ3v) is 4.85. The van der Waals surface area contributed by atoms with Crippen LogP contribution in [0.3, 0.4) is 0 Å². The first kappa shape index (κ1) is 19.3. The molecule has 5 rings (SSSR count). The van der Waals surface area contributed by atoms with Crippen LogP contribution in [0.5, 0.6) is 0 Å². The Kier molecular flexibility index (Phi) is 4.90. The molecule has 0 atom stereocenters. The van der Waals surface area contributed by atoms with Crippen LogP contribution < -0.4 is 10.2 Å². The lowest BCUT2D eigenvalue weighted by atomic mass is 10.3. The SMILES string of the molecule is Cn1cc(Nc2nc(N3CCOCC3)nc(-n3c(C(F)F)nc4ccccc43)n2)cn1. The number of morpholine rings is 1. The van der Waals surface area contributed by atoms with Crippen LogP contribution in [0.25, 0.3) is 17.0 Å². The summed E-state index contributed by atoms with van der Waals surface area (Å²) in [4.78, 5) is 19.5. The minimum atomic E-state index is -2.80. The maximum absolute atomic E-state index is 13.8. The van der Waals surface area contributed by atoms with Crippen molar-refractivity contribution in [2.45, 2.75) is 6.43 Å². The summed E-state index contributed by atoms with van der Waals surface area (Å²) in [6, 6.07) is 6.89. The van der Waals surface area contributed by atoms with Crippen LogP contribution >= 0.6 is 0 Å². The van der Waals surface area contributed by atoms with Crippen molar-refractivity contribution in [1.82, 2.24) is 34.3 Å². The minimum absolute atomic E-state index is 0.0619. The number of halogens is 2. The summed E-state index contributed by atoms with van der Waals surface area (Å²) >= 11 is 0. The first-order chi connectivity index (χ1) is 15.1. The molecule has 1 aliphatic heterocycles. The molecule has 0 unspecified atom stereocenters. The monoisotopic (exact) mass is 427 g/mol. The zero-order valence-electron chi connectivity index (χ0n) is 16.6. The third-order valence-electron chi connectivity index (χ3n) is 4.85. The second kappa shape index (κ2) is 7.87. The van der Waals surface area contributed by atoms with Crippen LogP contribution in [-0.4, -0.2) is 60.6 Å². The predicted molar refractivity (Wildman–Crippen MR) is 109 cm³/mol. The topological polar surface area (TPSA) is 98.8 Å². The van der Waals surface area contributed by atoms with E-state index in [2.05, 4.69) is 30.4 Å². The van der Waals surface area contributed by atoms with Gasteiger partial charge in [-0.3, -0.25) is 9.25 Å². The van der Waals surface area contributed by atoms with Gasteiger partial charge in [0.05, 0.1) is 36.1 Å². The number of alkyl halides is 2. The number of hydrogen-bond acceptors (Lipinski definition) is 8. The highest BCUT2D eigenvalue weighted by atomic mass is 19.3. The molecule has 4 aromatic rings. The molecule has 0 radical (unpaired) electrons. The molecule has 31 heavy (non-hydrogen) atoms. The van der Waals surface area contributed by atoms with Gasteiger partial charge < -0.3 is 15.0 Å². The Morgan fingerprint density at radius 1 is 1.03 bits per heavy atom. The van der Waals surface area contributed by atoms with E-state index in [1.54, 1.807) is 48.4 Å². The van der Waals surface area contributed by atoms with Gasteiger partial charge in [-0.15, -0.1) is 0 Å². The number of fused-ring (bicyclic) bond motifs is 1. The van der Waals surface area contributed by atoms with Gasteiger partial charge >= 0.3 is 0 Å². The van der Waals surface area contributed by atoms with Crippen LogP contribution in [0.2, 0.25) is 0 Å². The number of hydrogen-bond donors (Lipinski definition) is 1. The van der Waals surface area contributed by atoms with Gasteiger partial charge in [0, 0.05) is 26.3 Å². The van der Waals surface area contributed by atoms with E-state index in [0.717, 1.165) is 0 Å². The molecule has 0 spiro atoms. The van der Waals surface area contributed by atoms with E-state index in [1.807, 2.05) is 4.90 Å². The standard InChI is InChI=1S/C19H19F2N9O/c1-28-11-12(10-22-28)23-17-25-18(29-6-8-31-9-7-29)27-19(26-17)30-14-5-3-2-4-13(14)24-16(30)15(20)21/h2-5,10-11,15H,6-9H2,1H3,(H,23,25,26,27). The van der Waals surface area contributed by atoms with Gasteiger partial charge in [0.25, 0.3) is 6.43 Å². The smallest absolute Gasteiger partial charge is 0.296 e. The second-order valence-corrected chi connectivity index (χ2v) is 6.98. The molecule has 1 N–H and O–H groups in total. The van der Waals surface area contributed by atoms with E-state index < -0.39 is 12.2 Å². The average molecular weight is 427 g/mol. The van der Waals surface area contributed by atoms with Crippen LogP contribution in [-0.2, 0) is 11.8 Å². The highest BCUT2D eigenvalue weighted by molar-refractivity contribution is 5.77. The van der Waals surface area contributed by atoms with Gasteiger partial charge in [-0.25, -0.2) is 13.8 Å². The zero-order chi connectivity index (χ0) is 21.4. The number of imidazole rings is 1. The van der Waals surface area contributed by atoms with Crippen LogP contribution in [0.4, 0.5) is 26.4 Å². The van der Waals surface area contributed by atoms with E-state index in [-0.39, 0.29) is 11.9 Å². The van der Waals surface area contributed by atoms with Gasteiger partial charge in [-0.05, 0) is 12.1 Å². The van der Waals surface area contributed by atoms with Gasteiger partial charge in [-0.2, -0.15) is 20.1 Å². The molecule has 160 valence electrons. The fourth-order valence-electron chi connectivity index (χ4n) is 3.43. The van der Waals surface area contributed by atoms with Gasteiger partial charge in [0.1, 0.15) is 0 Å². The lowest BCUT2D eigenvalue weighted by molar-refractivity contribution is 0.122. The highest BCUT2D eigenvalue weighted by Gasteiger charge is 2.24. The maximum atomic E-state index is 13.8. The molecule has 4 heterocycles. The van der Waals surface area contributed by atoms with Crippen LogP contribution in [0.15, 0.2) is 36.7 Å². The minimum Gasteiger partial charge on any atom is -0.378 e. The number of nitrogens with one attached hydrogen (secondary N) is 1. The molecule has 1 aromatic carbocycles. The van der Waals surface area contributed by atoms with Gasteiger partial charge in [0.2, 0.25) is 17.8 Å². The number of para-hydroxylation sites is 2. The summed E-state index contributed by atoms with van der Waals surface area (Å²) in [5.41, 5.74) is 1.59. The van der Waals surface area contributed by atoms with Gasteiger partial charge in [0.15, 0.2) is 5.82 Å².